The van der Waals surface area contributed by atoms with E-state index in [0.29, 0.717) is 5.78 Å². The van der Waals surface area contributed by atoms with Crippen molar-refractivity contribution in [3.8, 4) is 0 Å². The molecular weight excluding hydrogens is 172 g/mol. The molecular formula is C13H22O. The molecule has 1 aliphatic carbocycles. The Morgan fingerprint density at radius 3 is 2.50 bits per heavy atom. The highest BCUT2D eigenvalue weighted by molar-refractivity contribution is 5.92. The number of hydrogen-bond acceptors (Lipinski definition) is 1. The lowest BCUT2D eigenvalue weighted by molar-refractivity contribution is -0.123. The zero-order valence-electron chi connectivity index (χ0n) is 9.84. The van der Waals surface area contributed by atoms with Crippen LogP contribution in [0.25, 0.3) is 0 Å². The lowest BCUT2D eigenvalue weighted by Crippen LogP contribution is -2.35. The van der Waals surface area contributed by atoms with Crippen LogP contribution in [0.15, 0.2) is 12.2 Å². The van der Waals surface area contributed by atoms with Crippen molar-refractivity contribution in [2.24, 2.45) is 17.3 Å². The molecule has 1 saturated carbocycles. The highest BCUT2D eigenvalue weighted by Crippen LogP contribution is 2.43. The second kappa shape index (κ2) is 4.29. The van der Waals surface area contributed by atoms with E-state index in [1.165, 1.54) is 12.8 Å². The summed E-state index contributed by atoms with van der Waals surface area (Å²) in [7, 11) is 0. The Hall–Kier alpha value is -0.590. The summed E-state index contributed by atoms with van der Waals surface area (Å²) < 4.78 is 0. The van der Waals surface area contributed by atoms with Crippen LogP contribution in [0.3, 0.4) is 0 Å². The van der Waals surface area contributed by atoms with E-state index in [1.54, 1.807) is 6.08 Å². The standard InChI is InChI=1S/C13H22O/c1-5-6-12(14)11-8-7-10(2)9-13(11,3)4/h5-6,10-11H,7-9H2,1-4H3/b6-5+. The molecule has 0 saturated heterocycles. The van der Waals surface area contributed by atoms with Crippen LogP contribution in [0.2, 0.25) is 0 Å². The second-order valence-electron chi connectivity index (χ2n) is 5.33. The lowest BCUT2D eigenvalue weighted by atomic mass is 9.64. The Bertz CT molecular complexity index is 238. The summed E-state index contributed by atoms with van der Waals surface area (Å²) in [4.78, 5) is 11.8. The van der Waals surface area contributed by atoms with Gasteiger partial charge in [-0.2, -0.15) is 0 Å². The summed E-state index contributed by atoms with van der Waals surface area (Å²) >= 11 is 0. The molecule has 0 aromatic rings. The van der Waals surface area contributed by atoms with Gasteiger partial charge in [-0.1, -0.05) is 26.8 Å². The SMILES string of the molecule is C/C=C/C(=O)C1CCC(C)CC1(C)C. The zero-order chi connectivity index (χ0) is 10.8. The predicted molar refractivity (Wildman–Crippen MR) is 60.1 cm³/mol. The molecule has 1 nitrogen and oxygen atoms in total. The number of carbonyl (C=O) groups is 1. The summed E-state index contributed by atoms with van der Waals surface area (Å²) in [6.45, 7) is 8.66. The van der Waals surface area contributed by atoms with E-state index in [4.69, 9.17) is 0 Å². The minimum Gasteiger partial charge on any atom is -0.295 e. The maximum absolute atomic E-state index is 11.8. The van der Waals surface area contributed by atoms with Crippen LogP contribution in [0.4, 0.5) is 0 Å². The van der Waals surface area contributed by atoms with Crippen LogP contribution < -0.4 is 0 Å². The first kappa shape index (κ1) is 11.5. The fourth-order valence-electron chi connectivity index (χ4n) is 2.79. The van der Waals surface area contributed by atoms with Crippen molar-refractivity contribution in [1.29, 1.82) is 0 Å². The molecule has 1 heteroatoms. The average molecular weight is 194 g/mol. The highest BCUT2D eigenvalue weighted by atomic mass is 16.1. The second-order valence-corrected chi connectivity index (χ2v) is 5.33. The number of allylic oxidation sites excluding steroid dienone is 2. The van der Waals surface area contributed by atoms with Crippen LogP contribution >= 0.6 is 0 Å². The van der Waals surface area contributed by atoms with Crippen LogP contribution in [-0.4, -0.2) is 5.78 Å². The van der Waals surface area contributed by atoms with Gasteiger partial charge in [0, 0.05) is 5.92 Å². The first-order valence-corrected chi connectivity index (χ1v) is 5.64. The van der Waals surface area contributed by atoms with Gasteiger partial charge >= 0.3 is 0 Å². The Balaban J connectivity index is 2.74. The summed E-state index contributed by atoms with van der Waals surface area (Å²) in [6.07, 6.45) is 7.05. The van der Waals surface area contributed by atoms with E-state index in [2.05, 4.69) is 20.8 Å². The molecule has 0 N–H and O–H groups in total. The Kier molecular flexibility index (Phi) is 3.52. The maximum Gasteiger partial charge on any atom is 0.158 e. The molecule has 0 spiro atoms. The van der Waals surface area contributed by atoms with Gasteiger partial charge in [-0.3, -0.25) is 4.79 Å². The van der Waals surface area contributed by atoms with Crippen molar-refractivity contribution in [2.75, 3.05) is 0 Å². The molecule has 2 atom stereocenters. The van der Waals surface area contributed by atoms with Crippen molar-refractivity contribution in [3.05, 3.63) is 12.2 Å². The molecule has 0 amide bonds. The molecule has 0 bridgehead atoms. The highest BCUT2D eigenvalue weighted by Gasteiger charge is 2.38. The van der Waals surface area contributed by atoms with E-state index >= 15 is 0 Å². The Labute approximate surface area is 87.6 Å². The quantitative estimate of drug-likeness (QED) is 0.614. The van der Waals surface area contributed by atoms with Crippen molar-refractivity contribution in [2.45, 2.75) is 47.0 Å². The molecule has 0 aliphatic heterocycles. The lowest BCUT2D eigenvalue weighted by Gasteiger charge is -2.40. The Morgan fingerprint density at radius 1 is 1.36 bits per heavy atom. The van der Waals surface area contributed by atoms with Crippen LogP contribution in [0.5, 0.6) is 0 Å². The van der Waals surface area contributed by atoms with E-state index in [0.717, 1.165) is 12.3 Å². The number of ketones is 1. The van der Waals surface area contributed by atoms with Crippen molar-refractivity contribution in [1.82, 2.24) is 0 Å². The molecule has 2 unspecified atom stereocenters. The third-order valence-electron chi connectivity index (χ3n) is 3.44. The minimum atomic E-state index is 0.189. The van der Waals surface area contributed by atoms with Gasteiger partial charge in [0.05, 0.1) is 0 Å². The fourth-order valence-corrected chi connectivity index (χ4v) is 2.79. The monoisotopic (exact) mass is 194 g/mol. The molecule has 0 aromatic carbocycles. The molecule has 1 fully saturated rings. The van der Waals surface area contributed by atoms with Gasteiger partial charge in [0.15, 0.2) is 5.78 Å². The topological polar surface area (TPSA) is 17.1 Å². The molecule has 0 heterocycles. The first-order valence-electron chi connectivity index (χ1n) is 5.64. The first-order chi connectivity index (χ1) is 6.47. The summed E-state index contributed by atoms with van der Waals surface area (Å²) in [5, 5.41) is 0. The van der Waals surface area contributed by atoms with E-state index in [-0.39, 0.29) is 11.3 Å². The zero-order valence-corrected chi connectivity index (χ0v) is 9.84. The number of carbonyl (C=O) groups excluding carboxylic acids is 1. The summed E-state index contributed by atoms with van der Waals surface area (Å²) in [5.74, 6) is 1.35. The van der Waals surface area contributed by atoms with Crippen LogP contribution in [0, 0.1) is 17.3 Å². The smallest absolute Gasteiger partial charge is 0.158 e. The molecule has 14 heavy (non-hydrogen) atoms. The molecule has 0 radical (unpaired) electrons. The molecule has 1 rings (SSSR count). The predicted octanol–water partition coefficient (Wildman–Crippen LogP) is 3.59. The number of rotatable bonds is 2. The van der Waals surface area contributed by atoms with E-state index in [1.807, 2.05) is 13.0 Å². The molecule has 0 aromatic heterocycles. The molecule has 80 valence electrons. The van der Waals surface area contributed by atoms with Crippen LogP contribution in [-0.2, 0) is 4.79 Å². The fraction of sp³-hybridized carbons (Fsp3) is 0.769. The van der Waals surface area contributed by atoms with Crippen LogP contribution in [0.1, 0.15) is 47.0 Å². The summed E-state index contributed by atoms with van der Waals surface area (Å²) in [5.41, 5.74) is 0.189. The van der Waals surface area contributed by atoms with Crippen molar-refractivity contribution < 1.29 is 4.79 Å². The summed E-state index contributed by atoms with van der Waals surface area (Å²) in [6, 6.07) is 0. The largest absolute Gasteiger partial charge is 0.295 e. The van der Waals surface area contributed by atoms with Gasteiger partial charge in [-0.25, -0.2) is 0 Å². The van der Waals surface area contributed by atoms with Gasteiger partial charge in [0.1, 0.15) is 0 Å². The third-order valence-corrected chi connectivity index (χ3v) is 3.44. The van der Waals surface area contributed by atoms with Gasteiger partial charge in [-0.15, -0.1) is 0 Å². The third kappa shape index (κ3) is 2.46. The van der Waals surface area contributed by atoms with Crippen molar-refractivity contribution in [3.63, 3.8) is 0 Å². The van der Waals surface area contributed by atoms with Gasteiger partial charge < -0.3 is 0 Å². The number of hydrogen-bond donors (Lipinski definition) is 0. The Morgan fingerprint density at radius 2 is 2.00 bits per heavy atom. The van der Waals surface area contributed by atoms with Gasteiger partial charge in [0.2, 0.25) is 0 Å². The van der Waals surface area contributed by atoms with E-state index in [9.17, 15) is 4.79 Å². The maximum atomic E-state index is 11.8. The van der Waals surface area contributed by atoms with Gasteiger partial charge in [-0.05, 0) is 43.6 Å². The van der Waals surface area contributed by atoms with E-state index < -0.39 is 0 Å². The van der Waals surface area contributed by atoms with Gasteiger partial charge in [0.25, 0.3) is 0 Å². The van der Waals surface area contributed by atoms with Crippen molar-refractivity contribution >= 4 is 5.78 Å². The normalized spacial score (nSPS) is 32.0. The average Bonchev–Trinajstić information content (AvgIpc) is 2.01. The minimum absolute atomic E-state index is 0.189. The molecule has 1 aliphatic rings.